The standard InChI is InChI=1S/C35H41FN6O3/c1-23(29-12-11-28(41-18-16-40(2)17-19-41)21-25(29)8-7-24-5-6-24)38-35(45)32-4-3-15-42(32)33(43)22-37-34(44)31-13-9-26-20-27(36)10-14-30(26)39-31/h7-14,20-21,23-24,32H,3-6,15-19,22H2,1-2H3,(H,37,44)(H,38,45)/b8-7+/t23-,32-/m0/s1. The Hall–Kier alpha value is -4.31. The molecule has 3 aromatic rings. The zero-order valence-corrected chi connectivity index (χ0v) is 26.0. The molecule has 10 heteroatoms. The second kappa shape index (κ2) is 13.4. The molecule has 0 unspecified atom stereocenters. The van der Waals surface area contributed by atoms with Crippen LogP contribution in [0.2, 0.25) is 0 Å². The molecule has 236 valence electrons. The van der Waals surface area contributed by atoms with E-state index in [-0.39, 0.29) is 35.9 Å². The number of amides is 3. The van der Waals surface area contributed by atoms with Gasteiger partial charge in [-0.25, -0.2) is 9.37 Å². The van der Waals surface area contributed by atoms with Crippen LogP contribution in [0.15, 0.2) is 54.6 Å². The van der Waals surface area contributed by atoms with E-state index in [4.69, 9.17) is 0 Å². The molecule has 2 saturated heterocycles. The number of benzene rings is 2. The smallest absolute Gasteiger partial charge is 0.270 e. The number of anilines is 1. The minimum absolute atomic E-state index is 0.136. The number of piperazine rings is 1. The second-order valence-corrected chi connectivity index (χ2v) is 12.5. The lowest BCUT2D eigenvalue weighted by Gasteiger charge is -2.34. The Morgan fingerprint density at radius 2 is 1.80 bits per heavy atom. The van der Waals surface area contributed by atoms with E-state index in [0.29, 0.717) is 36.2 Å². The van der Waals surface area contributed by atoms with Crippen LogP contribution in [0, 0.1) is 11.7 Å². The molecule has 0 spiro atoms. The van der Waals surface area contributed by atoms with Crippen molar-refractivity contribution in [3.8, 4) is 0 Å². The van der Waals surface area contributed by atoms with Crippen molar-refractivity contribution in [1.29, 1.82) is 0 Å². The van der Waals surface area contributed by atoms with Crippen molar-refractivity contribution in [1.82, 2.24) is 25.4 Å². The van der Waals surface area contributed by atoms with Crippen molar-refractivity contribution < 1.29 is 18.8 Å². The van der Waals surface area contributed by atoms with Crippen LogP contribution in [0.4, 0.5) is 10.1 Å². The highest BCUT2D eigenvalue weighted by molar-refractivity contribution is 5.97. The first-order valence-corrected chi connectivity index (χ1v) is 15.9. The van der Waals surface area contributed by atoms with Crippen LogP contribution >= 0.6 is 0 Å². The first-order chi connectivity index (χ1) is 21.7. The number of likely N-dealkylation sites (N-methyl/N-ethyl adjacent to an activating group) is 1. The molecule has 3 amide bonds. The number of carbonyl (C=O) groups excluding carboxylic acids is 3. The summed E-state index contributed by atoms with van der Waals surface area (Å²) in [4.78, 5) is 50.1. The Labute approximate surface area is 263 Å². The number of aromatic nitrogens is 1. The van der Waals surface area contributed by atoms with Crippen molar-refractivity contribution in [2.45, 2.75) is 44.7 Å². The number of nitrogens with one attached hydrogen (secondary N) is 2. The molecule has 3 fully saturated rings. The number of pyridine rings is 1. The zero-order valence-electron chi connectivity index (χ0n) is 26.0. The molecule has 45 heavy (non-hydrogen) atoms. The predicted octanol–water partition coefficient (Wildman–Crippen LogP) is 4.15. The number of rotatable bonds is 9. The maximum atomic E-state index is 13.5. The Morgan fingerprint density at radius 1 is 1.00 bits per heavy atom. The van der Waals surface area contributed by atoms with Gasteiger partial charge in [0.15, 0.2) is 0 Å². The van der Waals surface area contributed by atoms with Crippen LogP contribution < -0.4 is 15.5 Å². The summed E-state index contributed by atoms with van der Waals surface area (Å²) in [7, 11) is 2.15. The lowest BCUT2D eigenvalue weighted by Crippen LogP contribution is -2.49. The Balaban J connectivity index is 1.08. The maximum Gasteiger partial charge on any atom is 0.270 e. The zero-order chi connectivity index (χ0) is 31.5. The molecule has 0 bridgehead atoms. The average molecular weight is 613 g/mol. The summed E-state index contributed by atoms with van der Waals surface area (Å²) in [6.07, 6.45) is 8.21. The summed E-state index contributed by atoms with van der Waals surface area (Å²) < 4.78 is 13.5. The molecule has 1 aliphatic carbocycles. The fraction of sp³-hybridized carbons (Fsp3) is 0.429. The van der Waals surface area contributed by atoms with E-state index in [1.807, 2.05) is 6.92 Å². The summed E-state index contributed by atoms with van der Waals surface area (Å²) in [5.41, 5.74) is 3.98. The minimum Gasteiger partial charge on any atom is -0.369 e. The topological polar surface area (TPSA) is 97.9 Å². The molecule has 1 aromatic heterocycles. The fourth-order valence-electron chi connectivity index (χ4n) is 6.19. The molecule has 6 rings (SSSR count). The van der Waals surface area contributed by atoms with Crippen LogP contribution in [0.3, 0.4) is 0 Å². The van der Waals surface area contributed by atoms with Gasteiger partial charge < -0.3 is 25.3 Å². The van der Waals surface area contributed by atoms with Gasteiger partial charge in [-0.05, 0) is 93.1 Å². The third-order valence-electron chi connectivity index (χ3n) is 9.09. The number of nitrogens with zero attached hydrogens (tertiary/aromatic N) is 4. The SMILES string of the molecule is C[C@H](NC(=O)[C@@H]1CCCN1C(=O)CNC(=O)c1ccc2cc(F)ccc2n1)c1ccc(N2CCN(C)CC2)cc1/C=C/C1CC1. The van der Waals surface area contributed by atoms with Gasteiger partial charge in [0.1, 0.15) is 17.6 Å². The normalized spacial score (nSPS) is 19.7. The lowest BCUT2D eigenvalue weighted by atomic mass is 9.98. The van der Waals surface area contributed by atoms with Gasteiger partial charge in [0.25, 0.3) is 5.91 Å². The molecule has 2 aromatic carbocycles. The molecule has 1 saturated carbocycles. The Bertz CT molecular complexity index is 1610. The quantitative estimate of drug-likeness (QED) is 0.377. The van der Waals surface area contributed by atoms with Crippen LogP contribution in [0.5, 0.6) is 0 Å². The summed E-state index contributed by atoms with van der Waals surface area (Å²) in [5.74, 6) is -0.759. The van der Waals surface area contributed by atoms with Gasteiger partial charge in [-0.3, -0.25) is 14.4 Å². The van der Waals surface area contributed by atoms with E-state index in [9.17, 15) is 18.8 Å². The summed E-state index contributed by atoms with van der Waals surface area (Å²) in [6, 6.07) is 12.9. The fourth-order valence-corrected chi connectivity index (χ4v) is 6.19. The Morgan fingerprint density at radius 3 is 2.58 bits per heavy atom. The van der Waals surface area contributed by atoms with Crippen LogP contribution in [0.1, 0.15) is 60.3 Å². The number of hydrogen-bond acceptors (Lipinski definition) is 6. The van der Waals surface area contributed by atoms with Gasteiger partial charge in [0, 0.05) is 43.8 Å². The molecule has 3 heterocycles. The Kier molecular flexibility index (Phi) is 9.11. The van der Waals surface area contributed by atoms with Crippen molar-refractivity contribution in [3.63, 3.8) is 0 Å². The van der Waals surface area contributed by atoms with Gasteiger partial charge in [0.05, 0.1) is 18.1 Å². The van der Waals surface area contributed by atoms with E-state index in [1.165, 1.54) is 42.8 Å². The first-order valence-electron chi connectivity index (χ1n) is 15.9. The van der Waals surface area contributed by atoms with Crippen molar-refractivity contribution in [3.05, 3.63) is 77.2 Å². The number of hydrogen-bond donors (Lipinski definition) is 2. The van der Waals surface area contributed by atoms with Crippen LogP contribution in [0.25, 0.3) is 17.0 Å². The number of fused-ring (bicyclic) bond motifs is 1. The van der Waals surface area contributed by atoms with Gasteiger partial charge in [0.2, 0.25) is 11.8 Å². The van der Waals surface area contributed by atoms with Gasteiger partial charge >= 0.3 is 0 Å². The van der Waals surface area contributed by atoms with E-state index in [1.54, 1.807) is 11.0 Å². The average Bonchev–Trinajstić information content (AvgIpc) is 3.74. The van der Waals surface area contributed by atoms with Crippen LogP contribution in [-0.2, 0) is 9.59 Å². The molecule has 3 aliphatic rings. The highest BCUT2D eigenvalue weighted by Gasteiger charge is 2.35. The third kappa shape index (κ3) is 7.33. The lowest BCUT2D eigenvalue weighted by molar-refractivity contribution is -0.137. The molecule has 9 nitrogen and oxygen atoms in total. The summed E-state index contributed by atoms with van der Waals surface area (Å²) in [6.45, 7) is 6.24. The molecular formula is C35H41FN6O3. The molecule has 2 N–H and O–H groups in total. The van der Waals surface area contributed by atoms with Crippen LogP contribution in [-0.4, -0.2) is 84.9 Å². The summed E-state index contributed by atoms with van der Waals surface area (Å²) in [5, 5.41) is 6.39. The number of carbonyl (C=O) groups is 3. The number of halogens is 1. The maximum absolute atomic E-state index is 13.5. The van der Waals surface area contributed by atoms with Crippen molar-refractivity contribution in [2.75, 3.05) is 51.2 Å². The first kappa shape index (κ1) is 30.7. The van der Waals surface area contributed by atoms with Crippen molar-refractivity contribution in [2.24, 2.45) is 5.92 Å². The molecule has 2 atom stereocenters. The predicted molar refractivity (Wildman–Crippen MR) is 173 cm³/mol. The van der Waals surface area contributed by atoms with Gasteiger partial charge in [-0.15, -0.1) is 0 Å². The number of likely N-dealkylation sites (tertiary alicyclic amines) is 1. The van der Waals surface area contributed by atoms with Gasteiger partial charge in [-0.2, -0.15) is 0 Å². The van der Waals surface area contributed by atoms with Crippen molar-refractivity contribution >= 4 is 40.4 Å². The molecular weight excluding hydrogens is 571 g/mol. The minimum atomic E-state index is -0.597. The highest BCUT2D eigenvalue weighted by atomic mass is 19.1. The number of allylic oxidation sites excluding steroid dienone is 1. The van der Waals surface area contributed by atoms with E-state index in [0.717, 1.165) is 37.3 Å². The highest BCUT2D eigenvalue weighted by Crippen LogP contribution is 2.33. The molecule has 0 radical (unpaired) electrons. The van der Waals surface area contributed by atoms with E-state index in [2.05, 4.69) is 62.8 Å². The van der Waals surface area contributed by atoms with E-state index < -0.39 is 11.9 Å². The monoisotopic (exact) mass is 612 g/mol. The second-order valence-electron chi connectivity index (χ2n) is 12.5. The molecule has 2 aliphatic heterocycles. The summed E-state index contributed by atoms with van der Waals surface area (Å²) >= 11 is 0. The van der Waals surface area contributed by atoms with E-state index >= 15 is 0 Å². The van der Waals surface area contributed by atoms with Gasteiger partial charge in [-0.1, -0.05) is 24.3 Å². The third-order valence-corrected chi connectivity index (χ3v) is 9.09. The largest absolute Gasteiger partial charge is 0.369 e.